The number of amides is 1. The number of nitrogens with one attached hydrogen (secondary N) is 2. The summed E-state index contributed by atoms with van der Waals surface area (Å²) in [5, 5.41) is 2.72. The van der Waals surface area contributed by atoms with E-state index in [2.05, 4.69) is 5.32 Å². The summed E-state index contributed by atoms with van der Waals surface area (Å²) >= 11 is 1.50. The quantitative estimate of drug-likeness (QED) is 0.575. The molecule has 0 aliphatic heterocycles. The Morgan fingerprint density at radius 3 is 2.48 bits per heavy atom. The number of H-pyrrole nitrogens is 1. The first-order valence-electron chi connectivity index (χ1n) is 8.58. The average Bonchev–Trinajstić information content (AvgIpc) is 2.71. The highest BCUT2D eigenvalue weighted by atomic mass is 32.2. The van der Waals surface area contributed by atoms with Gasteiger partial charge in [-0.1, -0.05) is 42.1 Å². The number of para-hydroxylation sites is 1. The third kappa shape index (κ3) is 5.94. The molecule has 0 fully saturated rings. The van der Waals surface area contributed by atoms with Crippen LogP contribution in [0.25, 0.3) is 0 Å². The highest BCUT2D eigenvalue weighted by Gasteiger charge is 2.12. The number of esters is 1. The van der Waals surface area contributed by atoms with Crippen LogP contribution in [0.5, 0.6) is 0 Å². The number of aromatic nitrogens is 2. The van der Waals surface area contributed by atoms with Gasteiger partial charge < -0.3 is 10.1 Å². The van der Waals surface area contributed by atoms with Gasteiger partial charge in [0.2, 0.25) is 0 Å². The van der Waals surface area contributed by atoms with Crippen molar-refractivity contribution in [1.82, 2.24) is 9.55 Å². The third-order valence-corrected chi connectivity index (χ3v) is 4.78. The predicted octanol–water partition coefficient (Wildman–Crippen LogP) is 1.87. The molecule has 1 amide bonds. The summed E-state index contributed by atoms with van der Waals surface area (Å²) in [6, 6.07) is 18.1. The maximum Gasteiger partial charge on any atom is 0.328 e. The maximum absolute atomic E-state index is 12.2. The zero-order chi connectivity index (χ0) is 20.6. The molecule has 0 saturated heterocycles. The molecule has 2 aromatic carbocycles. The van der Waals surface area contributed by atoms with Crippen LogP contribution in [0.4, 0.5) is 5.69 Å². The van der Waals surface area contributed by atoms with Crippen molar-refractivity contribution in [2.75, 3.05) is 11.9 Å². The molecule has 29 heavy (non-hydrogen) atoms. The van der Waals surface area contributed by atoms with Gasteiger partial charge in [-0.3, -0.25) is 23.9 Å². The molecule has 148 valence electrons. The average molecular weight is 411 g/mol. The second kappa shape index (κ2) is 9.56. The Balaban J connectivity index is 1.56. The van der Waals surface area contributed by atoms with Crippen molar-refractivity contribution in [2.24, 2.45) is 0 Å². The van der Waals surface area contributed by atoms with Crippen LogP contribution in [-0.2, 0) is 20.9 Å². The molecule has 0 atom stereocenters. The number of ether oxygens (including phenoxy) is 1. The predicted molar refractivity (Wildman–Crippen MR) is 108 cm³/mol. The van der Waals surface area contributed by atoms with Gasteiger partial charge in [0.25, 0.3) is 11.5 Å². The van der Waals surface area contributed by atoms with Crippen molar-refractivity contribution in [3.63, 3.8) is 0 Å². The minimum atomic E-state index is -0.777. The van der Waals surface area contributed by atoms with Crippen LogP contribution in [-0.4, -0.2) is 28.0 Å². The van der Waals surface area contributed by atoms with Crippen LogP contribution < -0.4 is 16.6 Å². The molecule has 0 bridgehead atoms. The molecular formula is C20H17N3O5S. The van der Waals surface area contributed by atoms with Crippen LogP contribution in [0, 0.1) is 0 Å². The second-order valence-electron chi connectivity index (χ2n) is 5.86. The second-order valence-corrected chi connectivity index (χ2v) is 6.97. The molecule has 2 N–H and O–H groups in total. The summed E-state index contributed by atoms with van der Waals surface area (Å²) in [6.07, 6.45) is 1.18. The SMILES string of the molecule is O=C(COC(=O)Cn1ccc(=O)[nH]c1=O)Nc1ccccc1Sc1ccccc1. The number of hydrogen-bond donors (Lipinski definition) is 2. The van der Waals surface area contributed by atoms with Crippen LogP contribution in [0.3, 0.4) is 0 Å². The lowest BCUT2D eigenvalue weighted by atomic mass is 10.3. The topological polar surface area (TPSA) is 110 Å². The van der Waals surface area contributed by atoms with Crippen molar-refractivity contribution < 1.29 is 14.3 Å². The Morgan fingerprint density at radius 1 is 1.00 bits per heavy atom. The molecule has 3 rings (SSSR count). The third-order valence-electron chi connectivity index (χ3n) is 3.69. The molecule has 9 heteroatoms. The Morgan fingerprint density at radius 2 is 1.72 bits per heavy atom. The van der Waals surface area contributed by atoms with Gasteiger partial charge in [0.1, 0.15) is 6.54 Å². The number of anilines is 1. The zero-order valence-corrected chi connectivity index (χ0v) is 16.0. The first-order valence-corrected chi connectivity index (χ1v) is 9.40. The number of carbonyl (C=O) groups is 2. The maximum atomic E-state index is 12.2. The van der Waals surface area contributed by atoms with E-state index in [1.165, 1.54) is 18.0 Å². The smallest absolute Gasteiger partial charge is 0.328 e. The summed E-state index contributed by atoms with van der Waals surface area (Å²) in [5.74, 6) is -1.28. The Kier molecular flexibility index (Phi) is 6.64. The number of hydrogen-bond acceptors (Lipinski definition) is 6. The summed E-state index contributed by atoms with van der Waals surface area (Å²) < 4.78 is 5.89. The normalized spacial score (nSPS) is 10.3. The van der Waals surface area contributed by atoms with Crippen molar-refractivity contribution in [3.8, 4) is 0 Å². The van der Waals surface area contributed by atoms with Crippen molar-refractivity contribution in [2.45, 2.75) is 16.3 Å². The van der Waals surface area contributed by atoms with E-state index in [1.54, 1.807) is 12.1 Å². The highest BCUT2D eigenvalue weighted by molar-refractivity contribution is 7.99. The molecule has 1 heterocycles. The summed E-state index contributed by atoms with van der Waals surface area (Å²) in [4.78, 5) is 50.5. The van der Waals surface area contributed by atoms with Gasteiger partial charge in [0.15, 0.2) is 6.61 Å². The fourth-order valence-electron chi connectivity index (χ4n) is 2.36. The van der Waals surface area contributed by atoms with E-state index < -0.39 is 36.3 Å². The molecule has 0 radical (unpaired) electrons. The summed E-state index contributed by atoms with van der Waals surface area (Å²) in [5.41, 5.74) is -0.698. The fraction of sp³-hybridized carbons (Fsp3) is 0.100. The molecule has 0 aliphatic carbocycles. The molecule has 0 aliphatic rings. The van der Waals surface area contributed by atoms with Crippen LogP contribution in [0.15, 0.2) is 86.2 Å². The van der Waals surface area contributed by atoms with Crippen LogP contribution >= 0.6 is 11.8 Å². The standard InChI is InChI=1S/C20H17N3O5S/c24-17-10-11-23(20(27)22-17)12-19(26)28-13-18(25)21-15-8-4-5-9-16(15)29-14-6-2-1-3-7-14/h1-11H,12-13H2,(H,21,25)(H,22,24,27). The Bertz CT molecular complexity index is 1120. The van der Waals surface area contributed by atoms with E-state index in [-0.39, 0.29) is 0 Å². The Labute approximate surface area is 169 Å². The van der Waals surface area contributed by atoms with Gasteiger partial charge in [0, 0.05) is 22.1 Å². The van der Waals surface area contributed by atoms with Crippen molar-refractivity contribution >= 4 is 29.3 Å². The first kappa shape index (κ1) is 20.2. The monoisotopic (exact) mass is 411 g/mol. The van der Waals surface area contributed by atoms with Crippen molar-refractivity contribution in [1.29, 1.82) is 0 Å². The largest absolute Gasteiger partial charge is 0.454 e. The van der Waals surface area contributed by atoms with Gasteiger partial charge in [-0.15, -0.1) is 0 Å². The van der Waals surface area contributed by atoms with Gasteiger partial charge in [0.05, 0.1) is 5.69 Å². The number of aromatic amines is 1. The molecular weight excluding hydrogens is 394 g/mol. The lowest BCUT2D eigenvalue weighted by Gasteiger charge is -2.11. The van der Waals surface area contributed by atoms with Crippen LogP contribution in [0.2, 0.25) is 0 Å². The molecule has 1 aromatic heterocycles. The lowest BCUT2D eigenvalue weighted by molar-refractivity contribution is -0.148. The van der Waals surface area contributed by atoms with E-state index in [9.17, 15) is 19.2 Å². The zero-order valence-electron chi connectivity index (χ0n) is 15.2. The summed E-state index contributed by atoms with van der Waals surface area (Å²) in [6.45, 7) is -0.912. The fourth-order valence-corrected chi connectivity index (χ4v) is 3.28. The highest BCUT2D eigenvalue weighted by Crippen LogP contribution is 2.33. The number of benzene rings is 2. The number of carbonyl (C=O) groups excluding carboxylic acids is 2. The first-order chi connectivity index (χ1) is 14.0. The van der Waals surface area contributed by atoms with E-state index in [0.717, 1.165) is 20.4 Å². The number of rotatable bonds is 7. The van der Waals surface area contributed by atoms with E-state index in [4.69, 9.17) is 4.74 Å². The van der Waals surface area contributed by atoms with E-state index in [0.29, 0.717) is 5.69 Å². The van der Waals surface area contributed by atoms with Gasteiger partial charge >= 0.3 is 11.7 Å². The molecule has 3 aromatic rings. The van der Waals surface area contributed by atoms with Gasteiger partial charge in [-0.05, 0) is 24.3 Å². The summed E-state index contributed by atoms with van der Waals surface area (Å²) in [7, 11) is 0. The van der Waals surface area contributed by atoms with Crippen molar-refractivity contribution in [3.05, 3.63) is 87.7 Å². The van der Waals surface area contributed by atoms with Gasteiger partial charge in [-0.2, -0.15) is 0 Å². The van der Waals surface area contributed by atoms with Crippen LogP contribution in [0.1, 0.15) is 0 Å². The molecule has 0 unspecified atom stereocenters. The molecule has 0 saturated carbocycles. The van der Waals surface area contributed by atoms with E-state index in [1.807, 2.05) is 47.4 Å². The number of nitrogens with zero attached hydrogens (tertiary/aromatic N) is 1. The minimum absolute atomic E-state index is 0.413. The minimum Gasteiger partial charge on any atom is -0.454 e. The lowest BCUT2D eigenvalue weighted by Crippen LogP contribution is -2.32. The van der Waals surface area contributed by atoms with E-state index >= 15 is 0 Å². The molecule has 0 spiro atoms. The molecule has 8 nitrogen and oxygen atoms in total. The van der Waals surface area contributed by atoms with Gasteiger partial charge in [-0.25, -0.2) is 4.79 Å². The Hall–Kier alpha value is -3.59.